The van der Waals surface area contributed by atoms with Gasteiger partial charge in [-0.2, -0.15) is 0 Å². The minimum atomic E-state index is -3.87. The normalized spacial score (nSPS) is 11.6. The third-order valence-corrected chi connectivity index (χ3v) is 4.44. The largest absolute Gasteiger partial charge is 0.477 e. The van der Waals surface area contributed by atoms with Crippen LogP contribution < -0.4 is 0 Å². The Morgan fingerprint density at radius 1 is 1.37 bits per heavy atom. The highest BCUT2D eigenvalue weighted by Crippen LogP contribution is 2.27. The second-order valence-corrected chi connectivity index (χ2v) is 6.10. The van der Waals surface area contributed by atoms with Crippen LogP contribution in [-0.2, 0) is 10.0 Å². The first-order valence-electron chi connectivity index (χ1n) is 5.04. The van der Waals surface area contributed by atoms with Crippen molar-refractivity contribution in [2.75, 3.05) is 14.1 Å². The fourth-order valence-corrected chi connectivity index (χ4v) is 2.59. The Hall–Kier alpha value is -2.00. The average Bonchev–Trinajstić information content (AvgIpc) is 2.27. The molecule has 0 aliphatic rings. The number of benzene rings is 1. The molecule has 0 fully saturated rings. The second kappa shape index (κ2) is 4.94. The van der Waals surface area contributed by atoms with Crippen molar-refractivity contribution in [1.29, 1.82) is 0 Å². The molecule has 1 aromatic rings. The summed E-state index contributed by atoms with van der Waals surface area (Å²) in [6.07, 6.45) is 0. The molecular weight excluding hydrogens is 276 g/mol. The standard InChI is InChI=1S/C10H12N2O6S/c1-6-4-7(10(13)14)8(12(15)16)5-9(6)19(17,18)11(2)3/h4-5H,1-3H3,(H,13,14). The van der Waals surface area contributed by atoms with Crippen molar-refractivity contribution in [2.24, 2.45) is 0 Å². The molecule has 0 spiro atoms. The summed E-state index contributed by atoms with van der Waals surface area (Å²) in [5.41, 5.74) is -1.16. The van der Waals surface area contributed by atoms with Gasteiger partial charge in [-0.15, -0.1) is 0 Å². The molecule has 19 heavy (non-hydrogen) atoms. The molecule has 8 nitrogen and oxygen atoms in total. The Labute approximate surface area is 109 Å². The predicted octanol–water partition coefficient (Wildman–Crippen LogP) is 0.852. The van der Waals surface area contributed by atoms with Crippen molar-refractivity contribution in [2.45, 2.75) is 11.8 Å². The molecule has 9 heteroatoms. The highest BCUT2D eigenvalue weighted by molar-refractivity contribution is 7.89. The smallest absolute Gasteiger partial charge is 0.342 e. The third kappa shape index (κ3) is 2.71. The average molecular weight is 288 g/mol. The number of rotatable bonds is 4. The number of aryl methyl sites for hydroxylation is 1. The van der Waals surface area contributed by atoms with Crippen LogP contribution in [0.5, 0.6) is 0 Å². The van der Waals surface area contributed by atoms with Crippen LogP contribution in [0.3, 0.4) is 0 Å². The van der Waals surface area contributed by atoms with Crippen molar-refractivity contribution < 1.29 is 23.2 Å². The summed E-state index contributed by atoms with van der Waals surface area (Å²) >= 11 is 0. The number of aromatic carboxylic acids is 1. The van der Waals surface area contributed by atoms with Crippen LogP contribution in [0.2, 0.25) is 0 Å². The summed E-state index contributed by atoms with van der Waals surface area (Å²) in [4.78, 5) is 20.5. The van der Waals surface area contributed by atoms with Crippen molar-refractivity contribution >= 4 is 21.7 Å². The molecule has 0 radical (unpaired) electrons. The molecule has 0 aliphatic heterocycles. The number of carbonyl (C=O) groups is 1. The highest BCUT2D eigenvalue weighted by Gasteiger charge is 2.28. The Morgan fingerprint density at radius 2 is 1.89 bits per heavy atom. The van der Waals surface area contributed by atoms with Crippen LogP contribution in [0.25, 0.3) is 0 Å². The Kier molecular flexibility index (Phi) is 3.91. The topological polar surface area (TPSA) is 118 Å². The first-order chi connectivity index (χ1) is 8.59. The molecule has 0 saturated heterocycles. The van der Waals surface area contributed by atoms with Crippen molar-refractivity contribution in [1.82, 2.24) is 4.31 Å². The van der Waals surface area contributed by atoms with Gasteiger partial charge in [-0.1, -0.05) is 0 Å². The van der Waals surface area contributed by atoms with E-state index in [-0.39, 0.29) is 10.5 Å². The number of hydrogen-bond donors (Lipinski definition) is 1. The molecule has 0 amide bonds. The second-order valence-electron chi connectivity index (χ2n) is 3.98. The van der Waals surface area contributed by atoms with E-state index >= 15 is 0 Å². The maximum Gasteiger partial charge on any atom is 0.342 e. The van der Waals surface area contributed by atoms with E-state index in [0.717, 1.165) is 16.4 Å². The van der Waals surface area contributed by atoms with Crippen LogP contribution in [0.15, 0.2) is 17.0 Å². The Bertz CT molecular complexity index is 650. The quantitative estimate of drug-likeness (QED) is 0.648. The monoisotopic (exact) mass is 288 g/mol. The molecule has 0 atom stereocenters. The summed E-state index contributed by atoms with van der Waals surface area (Å²) in [6.45, 7) is 1.38. The summed E-state index contributed by atoms with van der Waals surface area (Å²) < 4.78 is 24.8. The molecule has 104 valence electrons. The lowest BCUT2D eigenvalue weighted by Crippen LogP contribution is -2.23. The maximum atomic E-state index is 12.0. The van der Waals surface area contributed by atoms with E-state index in [1.165, 1.54) is 21.0 Å². The van der Waals surface area contributed by atoms with Crippen molar-refractivity contribution in [3.05, 3.63) is 33.4 Å². The van der Waals surface area contributed by atoms with Crippen LogP contribution in [-0.4, -0.2) is 42.8 Å². The van der Waals surface area contributed by atoms with E-state index < -0.39 is 32.2 Å². The summed E-state index contributed by atoms with van der Waals surface area (Å²) in [5.74, 6) is -1.48. The van der Waals surface area contributed by atoms with E-state index in [9.17, 15) is 23.3 Å². The van der Waals surface area contributed by atoms with Gasteiger partial charge in [0.2, 0.25) is 10.0 Å². The fraction of sp³-hybridized carbons (Fsp3) is 0.300. The third-order valence-electron chi connectivity index (χ3n) is 2.48. The number of hydrogen-bond acceptors (Lipinski definition) is 5. The number of carboxylic acids is 1. The zero-order chi connectivity index (χ0) is 15.0. The fourth-order valence-electron chi connectivity index (χ4n) is 1.47. The maximum absolute atomic E-state index is 12.0. The first kappa shape index (κ1) is 15.1. The predicted molar refractivity (Wildman–Crippen MR) is 65.7 cm³/mol. The van der Waals surface area contributed by atoms with E-state index in [1.807, 2.05) is 0 Å². The summed E-state index contributed by atoms with van der Waals surface area (Å²) in [5, 5.41) is 19.7. The van der Waals surface area contributed by atoms with Gasteiger partial charge >= 0.3 is 5.97 Å². The van der Waals surface area contributed by atoms with Gasteiger partial charge in [-0.3, -0.25) is 10.1 Å². The Morgan fingerprint density at radius 3 is 2.26 bits per heavy atom. The van der Waals surface area contributed by atoms with E-state index in [2.05, 4.69) is 0 Å². The van der Waals surface area contributed by atoms with Crippen LogP contribution in [0.1, 0.15) is 15.9 Å². The summed E-state index contributed by atoms with van der Waals surface area (Å²) in [6, 6.07) is 1.75. The zero-order valence-electron chi connectivity index (χ0n) is 10.4. The molecular formula is C10H12N2O6S. The lowest BCUT2D eigenvalue weighted by molar-refractivity contribution is -0.385. The van der Waals surface area contributed by atoms with E-state index in [1.54, 1.807) is 0 Å². The Balaban J connectivity index is 3.69. The SMILES string of the molecule is Cc1cc(C(=O)O)c([N+](=O)[O-])cc1S(=O)(=O)N(C)C. The number of nitrogens with zero attached hydrogens (tertiary/aromatic N) is 2. The summed E-state index contributed by atoms with van der Waals surface area (Å²) in [7, 11) is -1.30. The molecule has 0 aliphatic carbocycles. The van der Waals surface area contributed by atoms with Crippen molar-refractivity contribution in [3.8, 4) is 0 Å². The molecule has 0 saturated carbocycles. The molecule has 0 aromatic heterocycles. The molecule has 1 N–H and O–H groups in total. The van der Waals surface area contributed by atoms with Gasteiger partial charge < -0.3 is 5.11 Å². The van der Waals surface area contributed by atoms with Gasteiger partial charge in [0, 0.05) is 20.2 Å². The minimum absolute atomic E-state index is 0.136. The zero-order valence-corrected chi connectivity index (χ0v) is 11.3. The highest BCUT2D eigenvalue weighted by atomic mass is 32.2. The molecule has 0 unspecified atom stereocenters. The van der Waals surface area contributed by atoms with Gasteiger partial charge in [0.1, 0.15) is 5.56 Å². The first-order valence-corrected chi connectivity index (χ1v) is 6.48. The van der Waals surface area contributed by atoms with Gasteiger partial charge in [-0.05, 0) is 18.6 Å². The van der Waals surface area contributed by atoms with Gasteiger partial charge in [-0.25, -0.2) is 17.5 Å². The van der Waals surface area contributed by atoms with E-state index in [0.29, 0.717) is 0 Å². The molecule has 0 heterocycles. The van der Waals surface area contributed by atoms with Crippen molar-refractivity contribution in [3.63, 3.8) is 0 Å². The van der Waals surface area contributed by atoms with Crippen LogP contribution in [0, 0.1) is 17.0 Å². The molecule has 1 aromatic carbocycles. The van der Waals surface area contributed by atoms with Gasteiger partial charge in [0.25, 0.3) is 5.69 Å². The number of sulfonamides is 1. The number of carboxylic acid groups (broad SMARTS) is 1. The minimum Gasteiger partial charge on any atom is -0.477 e. The van der Waals surface area contributed by atoms with Gasteiger partial charge in [0.15, 0.2) is 0 Å². The molecule has 0 bridgehead atoms. The van der Waals surface area contributed by atoms with Crippen LogP contribution in [0.4, 0.5) is 5.69 Å². The lowest BCUT2D eigenvalue weighted by Gasteiger charge is -2.13. The van der Waals surface area contributed by atoms with Crippen LogP contribution >= 0.6 is 0 Å². The lowest BCUT2D eigenvalue weighted by atomic mass is 10.1. The van der Waals surface area contributed by atoms with E-state index in [4.69, 9.17) is 5.11 Å². The molecule has 1 rings (SSSR count). The number of nitro benzene ring substituents is 1. The number of nitro groups is 1. The van der Waals surface area contributed by atoms with Gasteiger partial charge in [0.05, 0.1) is 9.82 Å².